The molecule has 0 fully saturated rings. The fourth-order valence-electron chi connectivity index (χ4n) is 2.92. The second-order valence-corrected chi connectivity index (χ2v) is 9.31. The van der Waals surface area contributed by atoms with Crippen LogP contribution in [0.25, 0.3) is 16.0 Å². The number of nitrogens with zero attached hydrogens (tertiary/aromatic N) is 2. The van der Waals surface area contributed by atoms with Crippen LogP contribution in [-0.2, 0) is 4.79 Å². The molecule has 0 radical (unpaired) electrons. The molecule has 0 unspecified atom stereocenters. The number of nitrogens with one attached hydrogen (secondary N) is 2. The van der Waals surface area contributed by atoms with Crippen molar-refractivity contribution in [3.05, 3.63) is 74.0 Å². The van der Waals surface area contributed by atoms with E-state index in [1.807, 2.05) is 62.4 Å². The number of benzene rings is 2. The molecule has 1 amide bonds. The molecule has 0 saturated carbocycles. The van der Waals surface area contributed by atoms with Gasteiger partial charge in [-0.25, -0.2) is 4.98 Å². The normalized spacial score (nSPS) is 11.0. The van der Waals surface area contributed by atoms with Crippen LogP contribution in [0.5, 0.6) is 0 Å². The number of carbonyl (C=O) groups is 1. The summed E-state index contributed by atoms with van der Waals surface area (Å²) in [5, 5.41) is 3.25. The van der Waals surface area contributed by atoms with Gasteiger partial charge < -0.3 is 10.3 Å². The van der Waals surface area contributed by atoms with Gasteiger partial charge in [0.1, 0.15) is 4.70 Å². The first kappa shape index (κ1) is 20.5. The van der Waals surface area contributed by atoms with Crippen molar-refractivity contribution in [3.63, 3.8) is 0 Å². The van der Waals surface area contributed by atoms with Crippen molar-refractivity contribution in [1.29, 1.82) is 0 Å². The van der Waals surface area contributed by atoms with Crippen LogP contribution in [0.1, 0.15) is 11.1 Å². The standard InChI is InChI=1S/C21H18N4O2S3/c1-12-8-9-14(10-13(12)2)22-16(26)11-29-20-23-18-17(19(27)24-20)30-21(28)25(18)15-6-4-3-5-7-15/h3-10H,11H2,1-2H3,(H,22,26)(H,23,24,27). The number of aromatic nitrogens is 3. The van der Waals surface area contributed by atoms with E-state index in [4.69, 9.17) is 12.2 Å². The molecular formula is C21H18N4O2S3. The van der Waals surface area contributed by atoms with Crippen LogP contribution >= 0.6 is 35.3 Å². The summed E-state index contributed by atoms with van der Waals surface area (Å²) in [6.07, 6.45) is 0. The average Bonchev–Trinajstić information content (AvgIpc) is 3.06. The summed E-state index contributed by atoms with van der Waals surface area (Å²) in [5.74, 6) is -0.0476. The van der Waals surface area contributed by atoms with Gasteiger partial charge in [0.05, 0.1) is 5.75 Å². The van der Waals surface area contributed by atoms with Gasteiger partial charge in [-0.3, -0.25) is 14.2 Å². The van der Waals surface area contributed by atoms with E-state index in [2.05, 4.69) is 15.3 Å². The Morgan fingerprint density at radius 2 is 1.97 bits per heavy atom. The number of thioether (sulfide) groups is 1. The average molecular weight is 455 g/mol. The van der Waals surface area contributed by atoms with Crippen molar-refractivity contribution in [3.8, 4) is 5.69 Å². The fourth-order valence-corrected chi connectivity index (χ4v) is 4.84. The van der Waals surface area contributed by atoms with Crippen LogP contribution in [-0.4, -0.2) is 26.2 Å². The molecule has 0 spiro atoms. The summed E-state index contributed by atoms with van der Waals surface area (Å²) in [5.41, 5.74) is 4.10. The highest BCUT2D eigenvalue weighted by atomic mass is 32.2. The highest BCUT2D eigenvalue weighted by Gasteiger charge is 2.14. The van der Waals surface area contributed by atoms with Crippen molar-refractivity contribution >= 4 is 57.3 Å². The maximum Gasteiger partial charge on any atom is 0.271 e. The summed E-state index contributed by atoms with van der Waals surface area (Å²) in [4.78, 5) is 32.2. The topological polar surface area (TPSA) is 79.8 Å². The molecule has 6 nitrogen and oxygen atoms in total. The third kappa shape index (κ3) is 4.23. The summed E-state index contributed by atoms with van der Waals surface area (Å²) >= 11 is 7.85. The summed E-state index contributed by atoms with van der Waals surface area (Å²) < 4.78 is 2.79. The maximum absolute atomic E-state index is 12.5. The Kier molecular flexibility index (Phi) is 5.85. The predicted octanol–water partition coefficient (Wildman–Crippen LogP) is 4.85. The smallest absolute Gasteiger partial charge is 0.271 e. The van der Waals surface area contributed by atoms with Crippen molar-refractivity contribution in [1.82, 2.24) is 14.5 Å². The Morgan fingerprint density at radius 1 is 1.20 bits per heavy atom. The van der Waals surface area contributed by atoms with Crippen LogP contribution in [0.2, 0.25) is 0 Å². The molecular weight excluding hydrogens is 436 g/mol. The minimum Gasteiger partial charge on any atom is -0.325 e. The van der Waals surface area contributed by atoms with Gasteiger partial charge in [-0.05, 0) is 61.5 Å². The Balaban J connectivity index is 1.57. The maximum atomic E-state index is 12.5. The van der Waals surface area contributed by atoms with Gasteiger partial charge in [0.15, 0.2) is 14.8 Å². The van der Waals surface area contributed by atoms with E-state index in [0.717, 1.165) is 16.9 Å². The highest BCUT2D eigenvalue weighted by molar-refractivity contribution is 7.99. The molecule has 0 aliphatic carbocycles. The first-order chi connectivity index (χ1) is 14.4. The SMILES string of the molecule is Cc1ccc(NC(=O)CSc2nc3c(sc(=S)n3-c3ccccc3)c(=O)[nH]2)cc1C. The van der Waals surface area contributed by atoms with Gasteiger partial charge >= 0.3 is 0 Å². The molecule has 4 rings (SSSR count). The number of para-hydroxylation sites is 1. The van der Waals surface area contributed by atoms with Crippen LogP contribution in [0, 0.1) is 17.8 Å². The molecule has 30 heavy (non-hydrogen) atoms. The monoisotopic (exact) mass is 454 g/mol. The van der Waals surface area contributed by atoms with E-state index in [9.17, 15) is 9.59 Å². The highest BCUT2D eigenvalue weighted by Crippen LogP contribution is 2.24. The second kappa shape index (κ2) is 8.55. The van der Waals surface area contributed by atoms with Crippen LogP contribution < -0.4 is 10.9 Å². The molecule has 9 heteroatoms. The zero-order chi connectivity index (χ0) is 21.3. The number of H-pyrrole nitrogens is 1. The third-order valence-electron chi connectivity index (χ3n) is 4.57. The lowest BCUT2D eigenvalue weighted by Crippen LogP contribution is -2.15. The second-order valence-electron chi connectivity index (χ2n) is 6.70. The number of aromatic amines is 1. The van der Waals surface area contributed by atoms with E-state index >= 15 is 0 Å². The number of anilines is 1. The van der Waals surface area contributed by atoms with Crippen LogP contribution in [0.3, 0.4) is 0 Å². The van der Waals surface area contributed by atoms with E-state index in [0.29, 0.717) is 19.5 Å². The number of hydrogen-bond donors (Lipinski definition) is 2. The lowest BCUT2D eigenvalue weighted by atomic mass is 10.1. The number of aryl methyl sites for hydroxylation is 2. The van der Waals surface area contributed by atoms with Crippen LogP contribution in [0.15, 0.2) is 58.5 Å². The number of carbonyl (C=O) groups excluding carboxylic acids is 1. The van der Waals surface area contributed by atoms with E-state index in [-0.39, 0.29) is 17.2 Å². The molecule has 2 N–H and O–H groups in total. The zero-order valence-corrected chi connectivity index (χ0v) is 18.7. The molecule has 0 aliphatic rings. The van der Waals surface area contributed by atoms with Crippen molar-refractivity contribution in [2.75, 3.05) is 11.1 Å². The molecule has 0 bridgehead atoms. The molecule has 4 aromatic rings. The zero-order valence-electron chi connectivity index (χ0n) is 16.3. The molecule has 2 heterocycles. The fraction of sp³-hybridized carbons (Fsp3) is 0.143. The minimum absolute atomic E-state index is 0.123. The largest absolute Gasteiger partial charge is 0.325 e. The first-order valence-electron chi connectivity index (χ1n) is 9.13. The number of fused-ring (bicyclic) bond motifs is 1. The third-order valence-corrected chi connectivity index (χ3v) is 6.80. The van der Waals surface area contributed by atoms with E-state index in [1.165, 1.54) is 28.7 Å². The van der Waals surface area contributed by atoms with Gasteiger partial charge in [0.25, 0.3) is 5.56 Å². The van der Waals surface area contributed by atoms with Gasteiger partial charge in [-0.2, -0.15) is 0 Å². The van der Waals surface area contributed by atoms with Crippen molar-refractivity contribution in [2.24, 2.45) is 0 Å². The van der Waals surface area contributed by atoms with Crippen LogP contribution in [0.4, 0.5) is 5.69 Å². The molecule has 2 aromatic heterocycles. The van der Waals surface area contributed by atoms with Gasteiger partial charge in [0, 0.05) is 11.4 Å². The first-order valence-corrected chi connectivity index (χ1v) is 11.3. The number of rotatable bonds is 5. The summed E-state index contributed by atoms with van der Waals surface area (Å²) in [6, 6.07) is 15.3. The summed E-state index contributed by atoms with van der Waals surface area (Å²) in [6.45, 7) is 4.02. The number of hydrogen-bond acceptors (Lipinski definition) is 6. The summed E-state index contributed by atoms with van der Waals surface area (Å²) in [7, 11) is 0. The number of amides is 1. The van der Waals surface area contributed by atoms with E-state index < -0.39 is 0 Å². The van der Waals surface area contributed by atoms with Crippen molar-refractivity contribution < 1.29 is 4.79 Å². The predicted molar refractivity (Wildman–Crippen MR) is 126 cm³/mol. The van der Waals surface area contributed by atoms with Gasteiger partial charge in [0.2, 0.25) is 5.91 Å². The quantitative estimate of drug-likeness (QED) is 0.256. The lowest BCUT2D eigenvalue weighted by molar-refractivity contribution is -0.113. The molecule has 0 saturated heterocycles. The van der Waals surface area contributed by atoms with E-state index in [1.54, 1.807) is 4.57 Å². The molecule has 0 aliphatic heterocycles. The molecule has 2 aromatic carbocycles. The Morgan fingerprint density at radius 3 is 2.70 bits per heavy atom. The van der Waals surface area contributed by atoms with Gasteiger partial charge in [-0.15, -0.1) is 0 Å². The lowest BCUT2D eigenvalue weighted by Gasteiger charge is -2.08. The molecule has 0 atom stereocenters. The Bertz CT molecular complexity index is 1360. The number of thiazole rings is 1. The Hall–Kier alpha value is -2.75. The Labute approximate surface area is 186 Å². The van der Waals surface area contributed by atoms with Gasteiger partial charge in [-0.1, -0.05) is 47.4 Å². The minimum atomic E-state index is -0.261. The van der Waals surface area contributed by atoms with Crippen molar-refractivity contribution in [2.45, 2.75) is 19.0 Å². The molecule has 152 valence electrons.